The normalized spacial score (nSPS) is 27.4. The maximum atomic E-state index is 14.1. The summed E-state index contributed by atoms with van der Waals surface area (Å²) in [5.41, 5.74) is 4.72. The summed E-state index contributed by atoms with van der Waals surface area (Å²) in [5.74, 6) is -0.163. The van der Waals surface area contributed by atoms with Crippen LogP contribution in [0.2, 0.25) is 10.0 Å². The fourth-order valence-electron chi connectivity index (χ4n) is 5.23. The van der Waals surface area contributed by atoms with E-state index in [1.807, 2.05) is 12.1 Å². The molecule has 3 atom stereocenters. The molecule has 0 radical (unpaired) electrons. The largest absolute Gasteiger partial charge is 0.496 e. The molecule has 2 aromatic rings. The number of halogens is 2. The van der Waals surface area contributed by atoms with Crippen LogP contribution in [-0.4, -0.2) is 37.9 Å². The van der Waals surface area contributed by atoms with E-state index in [1.165, 1.54) is 14.2 Å². The number of ketones is 2. The highest BCUT2D eigenvalue weighted by atomic mass is 35.5. The number of fused-ring (bicyclic) bond motifs is 2. The van der Waals surface area contributed by atoms with Crippen LogP contribution in [-0.2, 0) is 15.1 Å². The molecule has 0 aromatic heterocycles. The molecule has 1 spiro atoms. The number of hydrogen-bond donors (Lipinski definition) is 1. The molecule has 9 heteroatoms. The quantitative estimate of drug-likeness (QED) is 0.657. The molecule has 2 aliphatic heterocycles. The van der Waals surface area contributed by atoms with Gasteiger partial charge in [0, 0.05) is 47.5 Å². The Morgan fingerprint density at radius 2 is 1.82 bits per heavy atom. The Morgan fingerprint density at radius 1 is 1.12 bits per heavy atom. The van der Waals surface area contributed by atoms with E-state index in [0.29, 0.717) is 21.9 Å². The molecule has 2 heterocycles. The van der Waals surface area contributed by atoms with Gasteiger partial charge in [0.1, 0.15) is 22.1 Å². The first-order valence-corrected chi connectivity index (χ1v) is 11.6. The number of methoxy groups -OCH3 is 2. The summed E-state index contributed by atoms with van der Waals surface area (Å²) in [6.45, 7) is 1.82. The third-order valence-corrected chi connectivity index (χ3v) is 7.69. The Hall–Kier alpha value is -2.74. The fraction of sp³-hybridized carbons (Fsp3) is 0.360. The molecule has 0 saturated heterocycles. The molecular weight excluding hydrogens is 481 g/mol. The summed E-state index contributed by atoms with van der Waals surface area (Å²) in [6.07, 6.45) is 0.277. The van der Waals surface area contributed by atoms with Crippen LogP contribution in [0, 0.1) is 5.92 Å². The summed E-state index contributed by atoms with van der Waals surface area (Å²) in [6, 6.07) is 8.71. The van der Waals surface area contributed by atoms with Gasteiger partial charge in [0.2, 0.25) is 11.4 Å². The molecule has 5 rings (SSSR count). The van der Waals surface area contributed by atoms with Gasteiger partial charge in [-0.05, 0) is 6.07 Å². The molecule has 34 heavy (non-hydrogen) atoms. The van der Waals surface area contributed by atoms with Gasteiger partial charge in [0.15, 0.2) is 22.9 Å². The van der Waals surface area contributed by atoms with Gasteiger partial charge in [-0.15, -0.1) is 0 Å². The fourth-order valence-corrected chi connectivity index (χ4v) is 5.81. The zero-order chi connectivity index (χ0) is 24.4. The molecule has 0 fully saturated rings. The van der Waals surface area contributed by atoms with Gasteiger partial charge in [-0.2, -0.15) is 0 Å². The highest BCUT2D eigenvalue weighted by Crippen LogP contribution is 2.59. The lowest BCUT2D eigenvalue weighted by Gasteiger charge is -2.38. The average molecular weight is 504 g/mol. The van der Waals surface area contributed by atoms with E-state index in [9.17, 15) is 9.59 Å². The Labute approximate surface area is 206 Å². The van der Waals surface area contributed by atoms with E-state index in [2.05, 4.69) is 0 Å². The molecule has 2 aromatic carbocycles. The van der Waals surface area contributed by atoms with Gasteiger partial charge in [-0.3, -0.25) is 9.59 Å². The van der Waals surface area contributed by atoms with E-state index in [1.54, 1.807) is 25.1 Å². The van der Waals surface area contributed by atoms with Crippen molar-refractivity contribution in [2.75, 3.05) is 20.8 Å². The van der Waals surface area contributed by atoms with E-state index in [0.717, 1.165) is 0 Å². The first kappa shape index (κ1) is 23.0. The molecule has 0 saturated carbocycles. The topological polar surface area (TPSA) is 97.1 Å². The summed E-state index contributed by atoms with van der Waals surface area (Å²) < 4.78 is 23.7. The second-order valence-corrected chi connectivity index (χ2v) is 9.54. The SMILES string of the molecule is COc1cc(OC)c2c(c1Cl)O[C@]1(C2=O)C2=C(C[C@@](CN)(c3ccccc3Cl)O2)C(=O)C[C@H]1C. The second kappa shape index (κ2) is 7.90. The number of rotatable bonds is 4. The number of carbonyl (C=O) groups excluding carboxylic acids is 2. The molecule has 178 valence electrons. The summed E-state index contributed by atoms with van der Waals surface area (Å²) in [7, 11) is 2.91. The zero-order valence-corrected chi connectivity index (χ0v) is 20.4. The molecule has 7 nitrogen and oxygen atoms in total. The predicted molar refractivity (Wildman–Crippen MR) is 126 cm³/mol. The first-order valence-electron chi connectivity index (χ1n) is 10.8. The van der Waals surface area contributed by atoms with E-state index >= 15 is 0 Å². The molecule has 0 bridgehead atoms. The molecule has 0 unspecified atom stereocenters. The number of hydrogen-bond acceptors (Lipinski definition) is 7. The van der Waals surface area contributed by atoms with E-state index in [4.69, 9.17) is 47.9 Å². The second-order valence-electron chi connectivity index (χ2n) is 8.76. The van der Waals surface area contributed by atoms with Gasteiger partial charge in [0.05, 0.1) is 14.2 Å². The van der Waals surface area contributed by atoms with E-state index < -0.39 is 17.1 Å². The number of ether oxygens (including phenoxy) is 4. The van der Waals surface area contributed by atoms with Crippen LogP contribution in [0.25, 0.3) is 0 Å². The van der Waals surface area contributed by atoms with Crippen molar-refractivity contribution in [3.8, 4) is 17.2 Å². The third-order valence-electron chi connectivity index (χ3n) is 7.01. The first-order chi connectivity index (χ1) is 16.2. The number of nitrogens with two attached hydrogens (primary N) is 1. The van der Waals surface area contributed by atoms with Crippen molar-refractivity contribution in [2.24, 2.45) is 11.7 Å². The van der Waals surface area contributed by atoms with Crippen molar-refractivity contribution >= 4 is 34.8 Å². The van der Waals surface area contributed by atoms with Crippen LogP contribution in [0.3, 0.4) is 0 Å². The Kier molecular flexibility index (Phi) is 5.35. The van der Waals surface area contributed by atoms with Gasteiger partial charge in [0.25, 0.3) is 0 Å². The molecule has 2 N–H and O–H groups in total. The number of benzene rings is 2. The van der Waals surface area contributed by atoms with Crippen LogP contribution >= 0.6 is 23.2 Å². The Morgan fingerprint density at radius 3 is 2.47 bits per heavy atom. The molecule has 3 aliphatic rings. The van der Waals surface area contributed by atoms with Crippen LogP contribution in [0.1, 0.15) is 35.7 Å². The van der Waals surface area contributed by atoms with Crippen molar-refractivity contribution in [1.82, 2.24) is 0 Å². The van der Waals surface area contributed by atoms with Crippen molar-refractivity contribution in [2.45, 2.75) is 31.0 Å². The standard InChI is InChI=1S/C25H23Cl2NO6/c1-12-8-16(29)13-10-24(11-28,14-6-4-5-7-15(14)26)34-23(13)25(12)22(30)19-17(31-2)9-18(32-3)20(27)21(19)33-25/h4-7,9,12H,8,10-11,28H2,1-3H3/t12-,24-,25-/m1/s1. The molecule has 1 aliphatic carbocycles. The van der Waals surface area contributed by atoms with Crippen molar-refractivity contribution < 1.29 is 28.5 Å². The van der Waals surface area contributed by atoms with Gasteiger partial charge < -0.3 is 24.7 Å². The summed E-state index contributed by atoms with van der Waals surface area (Å²) >= 11 is 13.0. The highest BCUT2D eigenvalue weighted by Gasteiger charge is 2.65. The maximum absolute atomic E-state index is 14.1. The lowest BCUT2D eigenvalue weighted by Crippen LogP contribution is -2.52. The Balaban J connectivity index is 1.70. The minimum absolute atomic E-state index is 0.0422. The lowest BCUT2D eigenvalue weighted by atomic mass is 9.72. The Bertz CT molecular complexity index is 1270. The highest BCUT2D eigenvalue weighted by molar-refractivity contribution is 6.35. The maximum Gasteiger partial charge on any atom is 0.231 e. The lowest BCUT2D eigenvalue weighted by molar-refractivity contribution is -0.119. The summed E-state index contributed by atoms with van der Waals surface area (Å²) in [4.78, 5) is 27.2. The molecule has 0 amide bonds. The van der Waals surface area contributed by atoms with Crippen molar-refractivity contribution in [3.63, 3.8) is 0 Å². The van der Waals surface area contributed by atoms with E-state index in [-0.39, 0.29) is 58.8 Å². The van der Waals surface area contributed by atoms with Crippen molar-refractivity contribution in [3.05, 3.63) is 62.8 Å². The van der Waals surface area contributed by atoms with Gasteiger partial charge in [-0.1, -0.05) is 48.3 Å². The average Bonchev–Trinajstić information content (AvgIpc) is 3.38. The van der Waals surface area contributed by atoms with Crippen LogP contribution < -0.4 is 19.9 Å². The predicted octanol–water partition coefficient (Wildman–Crippen LogP) is 4.46. The van der Waals surface area contributed by atoms with Crippen LogP contribution in [0.15, 0.2) is 41.7 Å². The number of Topliss-reactive ketones (excluding diaryl/α,β-unsaturated/α-hetero) is 2. The third kappa shape index (κ3) is 2.87. The zero-order valence-electron chi connectivity index (χ0n) is 18.9. The monoisotopic (exact) mass is 503 g/mol. The number of carbonyl (C=O) groups is 2. The minimum atomic E-state index is -1.59. The van der Waals surface area contributed by atoms with Crippen LogP contribution in [0.5, 0.6) is 17.2 Å². The summed E-state index contributed by atoms with van der Waals surface area (Å²) in [5, 5.41) is 0.600. The van der Waals surface area contributed by atoms with Gasteiger partial charge >= 0.3 is 0 Å². The molecular formula is C25H23Cl2NO6. The van der Waals surface area contributed by atoms with Gasteiger partial charge in [-0.25, -0.2) is 0 Å². The smallest absolute Gasteiger partial charge is 0.231 e. The minimum Gasteiger partial charge on any atom is -0.496 e. The van der Waals surface area contributed by atoms with Crippen LogP contribution in [0.4, 0.5) is 0 Å². The van der Waals surface area contributed by atoms with Crippen molar-refractivity contribution in [1.29, 1.82) is 0 Å².